The van der Waals surface area contributed by atoms with Crippen molar-refractivity contribution in [2.75, 3.05) is 6.54 Å². The average Bonchev–Trinajstić information content (AvgIpc) is 2.14. The zero-order chi connectivity index (χ0) is 6.85. The maximum atomic E-state index is 10.3. The molecule has 0 radical (unpaired) electrons. The monoisotopic (exact) mass is 146 g/mol. The molecule has 1 rings (SSSR count). The summed E-state index contributed by atoms with van der Waals surface area (Å²) in [7, 11) is 0. The average molecular weight is 146 g/mol. The zero-order valence-electron chi connectivity index (χ0n) is 4.57. The summed E-state index contributed by atoms with van der Waals surface area (Å²) in [5.41, 5.74) is 10.1. The summed E-state index contributed by atoms with van der Waals surface area (Å²) in [6, 6.07) is -0.510. The summed E-state index contributed by atoms with van der Waals surface area (Å²) < 4.78 is 4.95. The van der Waals surface area contributed by atoms with E-state index in [1.54, 1.807) is 0 Å². The highest BCUT2D eigenvalue weighted by molar-refractivity contribution is 7.96. The molecule has 0 aliphatic carbocycles. The Hall–Kier alpha value is -0.910. The summed E-state index contributed by atoms with van der Waals surface area (Å²) in [5, 5.41) is 0. The van der Waals surface area contributed by atoms with Gasteiger partial charge in [0.15, 0.2) is 0 Å². The van der Waals surface area contributed by atoms with Gasteiger partial charge in [-0.05, 0) is 0 Å². The smallest absolute Gasteiger partial charge is 0.326 e. The summed E-state index contributed by atoms with van der Waals surface area (Å²) in [6.07, 6.45) is 0. The number of nitrogens with zero attached hydrogens (tertiary/aromatic N) is 2. The van der Waals surface area contributed by atoms with Gasteiger partial charge in [-0.15, -0.1) is 0 Å². The fourth-order valence-electron chi connectivity index (χ4n) is 0.425. The van der Waals surface area contributed by atoms with Gasteiger partial charge in [-0.2, -0.15) is 4.40 Å². The third kappa shape index (κ3) is 1.26. The van der Waals surface area contributed by atoms with Crippen molar-refractivity contribution in [1.29, 1.82) is 0 Å². The second kappa shape index (κ2) is 2.14. The standard InChI is InChI=1S/C3H6N4OS/c4-2-1-7(3(5)8)9-6-2/h1H2,(H2,4,6)(H2,5,8). The molecule has 5 nitrogen and oxygen atoms in total. The molecule has 0 atom stereocenters. The number of hydrogen-bond acceptors (Lipinski definition) is 4. The van der Waals surface area contributed by atoms with Gasteiger partial charge in [0.1, 0.15) is 5.84 Å². The molecule has 50 valence electrons. The van der Waals surface area contributed by atoms with Gasteiger partial charge in [0.2, 0.25) is 0 Å². The summed E-state index contributed by atoms with van der Waals surface area (Å²) in [6.45, 7) is 0.333. The molecule has 0 saturated carbocycles. The molecule has 2 amide bonds. The minimum Gasteiger partial charge on any atom is -0.385 e. The van der Waals surface area contributed by atoms with Gasteiger partial charge in [0.25, 0.3) is 0 Å². The fraction of sp³-hybridized carbons (Fsp3) is 0.333. The lowest BCUT2D eigenvalue weighted by molar-refractivity contribution is 0.238. The molecule has 1 aliphatic heterocycles. The Kier molecular flexibility index (Phi) is 1.48. The first-order valence-corrected chi connectivity index (χ1v) is 2.99. The van der Waals surface area contributed by atoms with E-state index >= 15 is 0 Å². The van der Waals surface area contributed by atoms with Crippen LogP contribution in [0.1, 0.15) is 0 Å². The van der Waals surface area contributed by atoms with E-state index in [0.717, 1.165) is 12.1 Å². The first kappa shape index (κ1) is 6.21. The van der Waals surface area contributed by atoms with E-state index in [-0.39, 0.29) is 0 Å². The largest absolute Gasteiger partial charge is 0.385 e. The first-order chi connectivity index (χ1) is 4.20. The van der Waals surface area contributed by atoms with Crippen molar-refractivity contribution in [2.24, 2.45) is 15.9 Å². The zero-order valence-corrected chi connectivity index (χ0v) is 5.39. The number of amides is 2. The molecule has 0 aromatic rings. The van der Waals surface area contributed by atoms with Gasteiger partial charge in [0, 0.05) is 0 Å². The normalized spacial score (nSPS) is 17.8. The molecule has 1 heterocycles. The predicted octanol–water partition coefficient (Wildman–Crippen LogP) is -0.699. The number of carbonyl (C=O) groups excluding carboxylic acids is 1. The van der Waals surface area contributed by atoms with Crippen LogP contribution >= 0.6 is 12.1 Å². The molecule has 0 fully saturated rings. The van der Waals surface area contributed by atoms with Crippen LogP contribution in [0, 0.1) is 0 Å². The molecule has 0 unspecified atom stereocenters. The van der Waals surface area contributed by atoms with Gasteiger partial charge in [-0.1, -0.05) is 0 Å². The minimum absolute atomic E-state index is 0.333. The van der Waals surface area contributed by atoms with Crippen molar-refractivity contribution >= 4 is 24.0 Å². The van der Waals surface area contributed by atoms with Crippen LogP contribution in [0.25, 0.3) is 0 Å². The van der Waals surface area contributed by atoms with E-state index < -0.39 is 6.03 Å². The quantitative estimate of drug-likeness (QED) is 0.443. The Morgan fingerprint density at radius 1 is 1.89 bits per heavy atom. The summed E-state index contributed by atoms with van der Waals surface area (Å²) >= 11 is 0.980. The topological polar surface area (TPSA) is 84.7 Å². The molecule has 9 heavy (non-hydrogen) atoms. The van der Waals surface area contributed by atoms with E-state index in [0.29, 0.717) is 12.4 Å². The van der Waals surface area contributed by atoms with E-state index in [9.17, 15) is 4.79 Å². The number of amidine groups is 1. The lowest BCUT2D eigenvalue weighted by atomic mass is 10.6. The molecular formula is C3H6N4OS. The SMILES string of the molecule is NC(=O)N1CC(N)=NS1. The lowest BCUT2D eigenvalue weighted by Gasteiger charge is -2.05. The van der Waals surface area contributed by atoms with Gasteiger partial charge in [-0.3, -0.25) is 0 Å². The third-order valence-electron chi connectivity index (χ3n) is 0.808. The molecule has 1 aliphatic rings. The molecule has 6 heteroatoms. The van der Waals surface area contributed by atoms with E-state index in [1.165, 1.54) is 4.31 Å². The molecule has 0 aromatic heterocycles. The van der Waals surface area contributed by atoms with Crippen molar-refractivity contribution in [1.82, 2.24) is 4.31 Å². The van der Waals surface area contributed by atoms with Crippen molar-refractivity contribution in [3.8, 4) is 0 Å². The van der Waals surface area contributed by atoms with Gasteiger partial charge in [0.05, 0.1) is 18.7 Å². The van der Waals surface area contributed by atoms with Crippen LogP contribution in [0.15, 0.2) is 4.40 Å². The van der Waals surface area contributed by atoms with E-state index in [1.807, 2.05) is 0 Å². The van der Waals surface area contributed by atoms with Gasteiger partial charge < -0.3 is 11.5 Å². The van der Waals surface area contributed by atoms with Crippen LogP contribution in [0.2, 0.25) is 0 Å². The minimum atomic E-state index is -0.510. The lowest BCUT2D eigenvalue weighted by Crippen LogP contribution is -2.32. The van der Waals surface area contributed by atoms with Gasteiger partial charge in [-0.25, -0.2) is 9.10 Å². The summed E-state index contributed by atoms with van der Waals surface area (Å²) in [4.78, 5) is 10.3. The predicted molar refractivity (Wildman–Crippen MR) is 35.5 cm³/mol. The van der Waals surface area contributed by atoms with E-state index in [4.69, 9.17) is 11.5 Å². The Bertz CT molecular complexity index is 167. The van der Waals surface area contributed by atoms with Crippen LogP contribution in [0.5, 0.6) is 0 Å². The molecule has 0 aromatic carbocycles. The Balaban J connectivity index is 2.47. The third-order valence-corrected chi connectivity index (χ3v) is 1.63. The fourth-order valence-corrected chi connectivity index (χ4v) is 0.956. The number of rotatable bonds is 0. The van der Waals surface area contributed by atoms with Crippen LogP contribution in [0.4, 0.5) is 4.79 Å². The highest BCUT2D eigenvalue weighted by atomic mass is 32.2. The Morgan fingerprint density at radius 2 is 2.56 bits per heavy atom. The second-order valence-electron chi connectivity index (χ2n) is 1.54. The van der Waals surface area contributed by atoms with Crippen LogP contribution in [-0.2, 0) is 0 Å². The Labute approximate surface area is 56.4 Å². The highest BCUT2D eigenvalue weighted by Gasteiger charge is 2.17. The molecule has 0 spiro atoms. The number of primary amides is 1. The maximum absolute atomic E-state index is 10.3. The molecule has 0 bridgehead atoms. The van der Waals surface area contributed by atoms with Crippen molar-refractivity contribution in [3.63, 3.8) is 0 Å². The summed E-state index contributed by atoms with van der Waals surface area (Å²) in [5.74, 6) is 0.429. The number of nitrogens with two attached hydrogens (primary N) is 2. The number of hydrogen-bond donors (Lipinski definition) is 2. The number of carbonyl (C=O) groups is 1. The Morgan fingerprint density at radius 3 is 2.78 bits per heavy atom. The van der Waals surface area contributed by atoms with Crippen molar-refractivity contribution < 1.29 is 4.79 Å². The second-order valence-corrected chi connectivity index (χ2v) is 2.33. The number of urea groups is 1. The first-order valence-electron chi connectivity index (χ1n) is 2.26. The van der Waals surface area contributed by atoms with Crippen molar-refractivity contribution in [2.45, 2.75) is 0 Å². The van der Waals surface area contributed by atoms with Gasteiger partial charge >= 0.3 is 6.03 Å². The molecular weight excluding hydrogens is 140 g/mol. The van der Waals surface area contributed by atoms with Crippen LogP contribution < -0.4 is 11.5 Å². The molecule has 4 N–H and O–H groups in total. The highest BCUT2D eigenvalue weighted by Crippen LogP contribution is 2.15. The van der Waals surface area contributed by atoms with Crippen LogP contribution in [0.3, 0.4) is 0 Å². The van der Waals surface area contributed by atoms with Crippen LogP contribution in [-0.4, -0.2) is 22.7 Å². The maximum Gasteiger partial charge on any atom is 0.326 e. The molecule has 0 saturated heterocycles. The van der Waals surface area contributed by atoms with E-state index in [2.05, 4.69) is 4.40 Å². The van der Waals surface area contributed by atoms with Crippen molar-refractivity contribution in [3.05, 3.63) is 0 Å².